The standard InChI is InChI=1S/C11H13ClO3/c1-7(13)3-8-4-10(12)9(6-15-2)5-11(8)14/h4-5,14H,3,6H2,1-2H3. The Hall–Kier alpha value is -1.06. The van der Waals surface area contributed by atoms with E-state index in [9.17, 15) is 9.90 Å². The van der Waals surface area contributed by atoms with Gasteiger partial charge < -0.3 is 9.84 Å². The average molecular weight is 229 g/mol. The average Bonchev–Trinajstić information content (AvgIpc) is 2.13. The van der Waals surface area contributed by atoms with E-state index in [-0.39, 0.29) is 18.0 Å². The third-order valence-corrected chi connectivity index (χ3v) is 2.34. The Labute approximate surface area is 93.6 Å². The summed E-state index contributed by atoms with van der Waals surface area (Å²) >= 11 is 5.96. The molecule has 1 aromatic rings. The van der Waals surface area contributed by atoms with Gasteiger partial charge in [0.15, 0.2) is 0 Å². The second-order valence-electron chi connectivity index (χ2n) is 3.38. The van der Waals surface area contributed by atoms with Crippen LogP contribution >= 0.6 is 11.6 Å². The van der Waals surface area contributed by atoms with E-state index in [1.165, 1.54) is 13.0 Å². The maximum absolute atomic E-state index is 10.9. The van der Waals surface area contributed by atoms with Gasteiger partial charge in [0.2, 0.25) is 0 Å². The number of ether oxygens (including phenoxy) is 1. The van der Waals surface area contributed by atoms with Crippen molar-refractivity contribution in [3.8, 4) is 5.75 Å². The molecule has 15 heavy (non-hydrogen) atoms. The van der Waals surface area contributed by atoms with Crippen molar-refractivity contribution in [2.45, 2.75) is 20.0 Å². The zero-order valence-corrected chi connectivity index (χ0v) is 9.47. The molecule has 0 saturated carbocycles. The summed E-state index contributed by atoms with van der Waals surface area (Å²) in [5.41, 5.74) is 1.26. The maximum atomic E-state index is 10.9. The summed E-state index contributed by atoms with van der Waals surface area (Å²) in [6.07, 6.45) is 0.193. The van der Waals surface area contributed by atoms with Crippen molar-refractivity contribution >= 4 is 17.4 Å². The van der Waals surface area contributed by atoms with E-state index < -0.39 is 0 Å². The molecule has 0 atom stereocenters. The van der Waals surface area contributed by atoms with Gasteiger partial charge in [0.25, 0.3) is 0 Å². The molecule has 0 saturated heterocycles. The normalized spacial score (nSPS) is 10.3. The van der Waals surface area contributed by atoms with Crippen molar-refractivity contribution in [2.75, 3.05) is 7.11 Å². The van der Waals surface area contributed by atoms with Gasteiger partial charge in [0.1, 0.15) is 11.5 Å². The van der Waals surface area contributed by atoms with Gasteiger partial charge in [-0.15, -0.1) is 0 Å². The lowest BCUT2D eigenvalue weighted by Crippen LogP contribution is -1.98. The van der Waals surface area contributed by atoms with Crippen LogP contribution in [0.1, 0.15) is 18.1 Å². The minimum atomic E-state index is -0.0131. The van der Waals surface area contributed by atoms with Crippen molar-refractivity contribution in [3.05, 3.63) is 28.3 Å². The SMILES string of the molecule is COCc1cc(O)c(CC(C)=O)cc1Cl. The molecule has 0 aromatic heterocycles. The summed E-state index contributed by atoms with van der Waals surface area (Å²) in [5.74, 6) is 0.0718. The minimum Gasteiger partial charge on any atom is -0.508 e. The van der Waals surface area contributed by atoms with E-state index in [1.807, 2.05) is 0 Å². The van der Waals surface area contributed by atoms with Crippen LogP contribution in [0.3, 0.4) is 0 Å². The Bertz CT molecular complexity index is 374. The number of carbonyl (C=O) groups is 1. The van der Waals surface area contributed by atoms with Crippen molar-refractivity contribution in [1.82, 2.24) is 0 Å². The van der Waals surface area contributed by atoms with E-state index in [1.54, 1.807) is 13.2 Å². The van der Waals surface area contributed by atoms with E-state index in [0.717, 1.165) is 0 Å². The number of ketones is 1. The zero-order chi connectivity index (χ0) is 11.4. The monoisotopic (exact) mass is 228 g/mol. The quantitative estimate of drug-likeness (QED) is 0.861. The van der Waals surface area contributed by atoms with Crippen LogP contribution < -0.4 is 0 Å². The first kappa shape index (κ1) is 12.0. The number of hydrogen-bond donors (Lipinski definition) is 1. The lowest BCUT2D eigenvalue weighted by molar-refractivity contribution is -0.116. The Kier molecular flexibility index (Phi) is 4.12. The first-order valence-corrected chi connectivity index (χ1v) is 4.91. The lowest BCUT2D eigenvalue weighted by Gasteiger charge is -2.08. The van der Waals surface area contributed by atoms with Crippen molar-refractivity contribution in [2.24, 2.45) is 0 Å². The Balaban J connectivity index is 3.02. The third-order valence-electron chi connectivity index (χ3n) is 1.99. The number of methoxy groups -OCH3 is 1. The lowest BCUT2D eigenvalue weighted by atomic mass is 10.1. The van der Waals surface area contributed by atoms with E-state index in [4.69, 9.17) is 16.3 Å². The zero-order valence-electron chi connectivity index (χ0n) is 8.71. The number of halogens is 1. The molecule has 1 rings (SSSR count). The van der Waals surface area contributed by atoms with Crippen LogP contribution in [-0.4, -0.2) is 18.0 Å². The molecule has 3 nitrogen and oxygen atoms in total. The van der Waals surface area contributed by atoms with Crippen LogP contribution in [0.5, 0.6) is 5.75 Å². The summed E-state index contributed by atoms with van der Waals surface area (Å²) < 4.78 is 4.92. The number of Topliss-reactive ketones (excluding diaryl/α,β-unsaturated/α-hetero) is 1. The van der Waals surface area contributed by atoms with Crippen molar-refractivity contribution in [1.29, 1.82) is 0 Å². The number of phenolic OH excluding ortho intramolecular Hbond substituents is 1. The van der Waals surface area contributed by atoms with Crippen LogP contribution in [0.15, 0.2) is 12.1 Å². The summed E-state index contributed by atoms with van der Waals surface area (Å²) in [4.78, 5) is 10.9. The fourth-order valence-corrected chi connectivity index (χ4v) is 1.56. The molecule has 0 heterocycles. The minimum absolute atomic E-state index is 0.0131. The van der Waals surface area contributed by atoms with Gasteiger partial charge in [-0.1, -0.05) is 11.6 Å². The molecule has 1 aromatic carbocycles. The second kappa shape index (κ2) is 5.14. The number of benzene rings is 1. The molecule has 4 heteroatoms. The van der Waals surface area contributed by atoms with Gasteiger partial charge in [-0.25, -0.2) is 0 Å². The highest BCUT2D eigenvalue weighted by Crippen LogP contribution is 2.27. The summed E-state index contributed by atoms with van der Waals surface area (Å²) in [6, 6.07) is 3.14. The van der Waals surface area contributed by atoms with E-state index in [0.29, 0.717) is 22.8 Å². The van der Waals surface area contributed by atoms with Gasteiger partial charge >= 0.3 is 0 Å². The van der Waals surface area contributed by atoms with Gasteiger partial charge in [0, 0.05) is 24.1 Å². The summed E-state index contributed by atoms with van der Waals surface area (Å²) in [6.45, 7) is 1.81. The second-order valence-corrected chi connectivity index (χ2v) is 3.79. The maximum Gasteiger partial charge on any atom is 0.134 e. The molecule has 0 amide bonds. The predicted octanol–water partition coefficient (Wildman–Crippen LogP) is 2.32. The fraction of sp³-hybridized carbons (Fsp3) is 0.364. The molecule has 82 valence electrons. The highest BCUT2D eigenvalue weighted by molar-refractivity contribution is 6.31. The first-order valence-electron chi connectivity index (χ1n) is 4.53. The highest BCUT2D eigenvalue weighted by Gasteiger charge is 2.09. The van der Waals surface area contributed by atoms with Crippen molar-refractivity contribution in [3.63, 3.8) is 0 Å². The molecule has 1 N–H and O–H groups in total. The van der Waals surface area contributed by atoms with Gasteiger partial charge in [-0.3, -0.25) is 4.79 Å². The van der Waals surface area contributed by atoms with E-state index >= 15 is 0 Å². The molecular formula is C11H13ClO3. The molecule has 0 aliphatic heterocycles. The number of rotatable bonds is 4. The van der Waals surface area contributed by atoms with Crippen molar-refractivity contribution < 1.29 is 14.6 Å². The number of phenols is 1. The Morgan fingerprint density at radius 2 is 2.13 bits per heavy atom. The fourth-order valence-electron chi connectivity index (χ4n) is 1.32. The van der Waals surface area contributed by atoms with Crippen LogP contribution in [0, 0.1) is 0 Å². The van der Waals surface area contributed by atoms with Crippen LogP contribution in [-0.2, 0) is 22.6 Å². The Morgan fingerprint density at radius 3 is 2.67 bits per heavy atom. The molecule has 0 unspecified atom stereocenters. The predicted molar refractivity (Wildman–Crippen MR) is 58.2 cm³/mol. The van der Waals surface area contributed by atoms with Crippen LogP contribution in [0.25, 0.3) is 0 Å². The van der Waals surface area contributed by atoms with Gasteiger partial charge in [-0.2, -0.15) is 0 Å². The van der Waals surface area contributed by atoms with Gasteiger partial charge in [-0.05, 0) is 24.6 Å². The summed E-state index contributed by atoms with van der Waals surface area (Å²) in [5, 5.41) is 10.1. The largest absolute Gasteiger partial charge is 0.508 e. The molecule has 0 fully saturated rings. The third kappa shape index (κ3) is 3.22. The molecular weight excluding hydrogens is 216 g/mol. The Morgan fingerprint density at radius 1 is 1.47 bits per heavy atom. The number of carbonyl (C=O) groups excluding carboxylic acids is 1. The van der Waals surface area contributed by atoms with Gasteiger partial charge in [0.05, 0.1) is 6.61 Å². The molecule has 0 radical (unpaired) electrons. The number of hydrogen-bond acceptors (Lipinski definition) is 3. The first-order chi connectivity index (χ1) is 7.04. The molecule has 0 aliphatic rings. The molecule has 0 bridgehead atoms. The van der Waals surface area contributed by atoms with E-state index in [2.05, 4.69) is 0 Å². The summed E-state index contributed by atoms with van der Waals surface area (Å²) in [7, 11) is 1.55. The number of aromatic hydroxyl groups is 1. The highest BCUT2D eigenvalue weighted by atomic mass is 35.5. The molecule has 0 aliphatic carbocycles. The van der Waals surface area contributed by atoms with Crippen LogP contribution in [0.4, 0.5) is 0 Å². The van der Waals surface area contributed by atoms with Crippen LogP contribution in [0.2, 0.25) is 5.02 Å². The smallest absolute Gasteiger partial charge is 0.134 e. The topological polar surface area (TPSA) is 46.5 Å². The molecule has 0 spiro atoms.